The van der Waals surface area contributed by atoms with Crippen LogP contribution in [0.25, 0.3) is 0 Å². The second-order valence-electron chi connectivity index (χ2n) is 4.57. The molecule has 0 fully saturated rings. The summed E-state index contributed by atoms with van der Waals surface area (Å²) in [7, 11) is 0. The van der Waals surface area contributed by atoms with E-state index >= 15 is 0 Å². The molecule has 0 aromatic carbocycles. The molecule has 0 saturated carbocycles. The number of hydrogen-bond donors (Lipinski definition) is 3. The molecule has 0 bridgehead atoms. The van der Waals surface area contributed by atoms with Crippen molar-refractivity contribution in [2.75, 3.05) is 0 Å². The van der Waals surface area contributed by atoms with Crippen LogP contribution in [0, 0.1) is 6.92 Å². The highest BCUT2D eigenvalue weighted by Gasteiger charge is 2.23. The Kier molecular flexibility index (Phi) is 5.77. The van der Waals surface area contributed by atoms with Crippen molar-refractivity contribution in [2.45, 2.75) is 39.2 Å². The molecular formula is C13H18N4O4. The Labute approximate surface area is 121 Å². The molecule has 0 radical (unpaired) electrons. The largest absolute Gasteiger partial charge is 0.480 e. The number of aryl methyl sites for hydroxylation is 2. The van der Waals surface area contributed by atoms with Gasteiger partial charge in [-0.3, -0.25) is 9.59 Å². The number of amides is 2. The molecule has 8 heteroatoms. The van der Waals surface area contributed by atoms with Crippen LogP contribution in [0.1, 0.15) is 41.5 Å². The lowest BCUT2D eigenvalue weighted by Crippen LogP contribution is -2.41. The molecule has 1 unspecified atom stereocenters. The molecule has 1 heterocycles. The van der Waals surface area contributed by atoms with Crippen LogP contribution in [0.15, 0.2) is 6.07 Å². The van der Waals surface area contributed by atoms with E-state index in [0.717, 1.165) is 0 Å². The van der Waals surface area contributed by atoms with Crippen LogP contribution in [0.3, 0.4) is 0 Å². The molecule has 0 aliphatic rings. The number of carboxylic acid groups (broad SMARTS) is 1. The van der Waals surface area contributed by atoms with Gasteiger partial charge in [0.05, 0.1) is 17.0 Å². The van der Waals surface area contributed by atoms with Gasteiger partial charge in [-0.05, 0) is 25.8 Å². The van der Waals surface area contributed by atoms with Gasteiger partial charge in [0.1, 0.15) is 6.04 Å². The average Bonchev–Trinajstić information content (AvgIpc) is 2.42. The van der Waals surface area contributed by atoms with Gasteiger partial charge in [-0.1, -0.05) is 6.92 Å². The first-order valence-electron chi connectivity index (χ1n) is 6.50. The third kappa shape index (κ3) is 4.83. The standard InChI is InChI=1S/C13H18N4O4/c1-3-9-8(6-7(2)16-17-9)12(19)15-10(13(20)21)4-5-11(14)18/h6,10H,3-5H2,1-2H3,(H2,14,18)(H,15,19)(H,20,21). The molecule has 8 nitrogen and oxygen atoms in total. The number of rotatable bonds is 7. The summed E-state index contributed by atoms with van der Waals surface area (Å²) in [6.07, 6.45) is 0.315. The fourth-order valence-corrected chi connectivity index (χ4v) is 1.75. The number of nitrogens with two attached hydrogens (primary N) is 1. The lowest BCUT2D eigenvalue weighted by atomic mass is 10.1. The zero-order valence-electron chi connectivity index (χ0n) is 11.9. The van der Waals surface area contributed by atoms with Crippen LogP contribution in [-0.4, -0.2) is 39.1 Å². The van der Waals surface area contributed by atoms with E-state index < -0.39 is 23.8 Å². The topological polar surface area (TPSA) is 135 Å². The van der Waals surface area contributed by atoms with E-state index in [1.54, 1.807) is 13.0 Å². The third-order valence-corrected chi connectivity index (χ3v) is 2.85. The van der Waals surface area contributed by atoms with Crippen molar-refractivity contribution in [1.82, 2.24) is 15.5 Å². The summed E-state index contributed by atoms with van der Waals surface area (Å²) >= 11 is 0. The number of nitrogens with one attached hydrogen (secondary N) is 1. The van der Waals surface area contributed by atoms with E-state index in [4.69, 9.17) is 10.8 Å². The third-order valence-electron chi connectivity index (χ3n) is 2.85. The van der Waals surface area contributed by atoms with Crippen LogP contribution in [0.4, 0.5) is 0 Å². The van der Waals surface area contributed by atoms with Crippen LogP contribution in [0.5, 0.6) is 0 Å². The van der Waals surface area contributed by atoms with Crippen molar-refractivity contribution in [3.63, 3.8) is 0 Å². The van der Waals surface area contributed by atoms with Gasteiger partial charge < -0.3 is 16.2 Å². The van der Waals surface area contributed by atoms with E-state index in [0.29, 0.717) is 17.8 Å². The van der Waals surface area contributed by atoms with Gasteiger partial charge in [-0.15, -0.1) is 0 Å². The quantitative estimate of drug-likeness (QED) is 0.637. The molecule has 1 aromatic heterocycles. The maximum absolute atomic E-state index is 12.2. The van der Waals surface area contributed by atoms with E-state index in [1.807, 2.05) is 6.92 Å². The minimum absolute atomic E-state index is 0.0602. The zero-order chi connectivity index (χ0) is 16.0. The lowest BCUT2D eigenvalue weighted by Gasteiger charge is -2.15. The van der Waals surface area contributed by atoms with Gasteiger partial charge in [0, 0.05) is 6.42 Å². The predicted octanol–water partition coefficient (Wildman–Crippen LogP) is -0.204. The molecule has 0 aliphatic heterocycles. The van der Waals surface area contributed by atoms with E-state index in [9.17, 15) is 14.4 Å². The monoisotopic (exact) mass is 294 g/mol. The first-order valence-corrected chi connectivity index (χ1v) is 6.50. The van der Waals surface area contributed by atoms with Crippen molar-refractivity contribution in [1.29, 1.82) is 0 Å². The SMILES string of the molecule is CCc1nnc(C)cc1C(=O)NC(CCC(N)=O)C(=O)O. The Hall–Kier alpha value is -2.51. The summed E-state index contributed by atoms with van der Waals surface area (Å²) in [5.41, 5.74) is 6.31. The van der Waals surface area contributed by atoms with Crippen molar-refractivity contribution in [2.24, 2.45) is 5.73 Å². The summed E-state index contributed by atoms with van der Waals surface area (Å²) in [6.45, 7) is 3.50. The second-order valence-corrected chi connectivity index (χ2v) is 4.57. The van der Waals surface area contributed by atoms with Crippen molar-refractivity contribution in [3.8, 4) is 0 Å². The van der Waals surface area contributed by atoms with E-state index in [1.165, 1.54) is 0 Å². The Morgan fingerprint density at radius 3 is 2.57 bits per heavy atom. The predicted molar refractivity (Wildman–Crippen MR) is 73.5 cm³/mol. The average molecular weight is 294 g/mol. The molecule has 21 heavy (non-hydrogen) atoms. The number of nitrogens with zero attached hydrogens (tertiary/aromatic N) is 2. The Bertz CT molecular complexity index is 559. The minimum Gasteiger partial charge on any atom is -0.480 e. The maximum Gasteiger partial charge on any atom is 0.326 e. The Morgan fingerprint density at radius 1 is 1.38 bits per heavy atom. The van der Waals surface area contributed by atoms with Crippen molar-refractivity contribution in [3.05, 3.63) is 23.0 Å². The summed E-state index contributed by atoms with van der Waals surface area (Å²) in [4.78, 5) is 34.0. The second kappa shape index (κ2) is 7.32. The summed E-state index contributed by atoms with van der Waals surface area (Å²) in [6, 6.07) is 0.372. The Morgan fingerprint density at radius 2 is 2.05 bits per heavy atom. The van der Waals surface area contributed by atoms with Gasteiger partial charge >= 0.3 is 5.97 Å². The van der Waals surface area contributed by atoms with Crippen molar-refractivity contribution < 1.29 is 19.5 Å². The van der Waals surface area contributed by atoms with E-state index in [-0.39, 0.29) is 18.4 Å². The molecule has 0 aliphatic carbocycles. The number of primary amides is 1. The highest BCUT2D eigenvalue weighted by atomic mass is 16.4. The number of carboxylic acids is 1. The first-order chi connectivity index (χ1) is 9.85. The van der Waals surface area contributed by atoms with E-state index in [2.05, 4.69) is 15.5 Å². The van der Waals surface area contributed by atoms with Gasteiger partial charge in [0.25, 0.3) is 5.91 Å². The zero-order valence-corrected chi connectivity index (χ0v) is 11.9. The number of carbonyl (C=O) groups is 3. The highest BCUT2D eigenvalue weighted by molar-refractivity contribution is 5.97. The molecule has 0 spiro atoms. The van der Waals surface area contributed by atoms with Crippen molar-refractivity contribution >= 4 is 17.8 Å². The highest BCUT2D eigenvalue weighted by Crippen LogP contribution is 2.09. The van der Waals surface area contributed by atoms with Gasteiger partial charge in [0.2, 0.25) is 5.91 Å². The van der Waals surface area contributed by atoms with Crippen LogP contribution >= 0.6 is 0 Å². The molecule has 1 rings (SSSR count). The smallest absolute Gasteiger partial charge is 0.326 e. The molecule has 0 saturated heterocycles. The van der Waals surface area contributed by atoms with Crippen LogP contribution < -0.4 is 11.1 Å². The minimum atomic E-state index is -1.22. The molecule has 2 amide bonds. The van der Waals surface area contributed by atoms with Crippen LogP contribution in [-0.2, 0) is 16.0 Å². The maximum atomic E-state index is 12.2. The molecule has 1 atom stereocenters. The summed E-state index contributed by atoms with van der Waals surface area (Å²) < 4.78 is 0. The fourth-order valence-electron chi connectivity index (χ4n) is 1.75. The lowest BCUT2D eigenvalue weighted by molar-refractivity contribution is -0.139. The number of carbonyl (C=O) groups excluding carboxylic acids is 2. The normalized spacial score (nSPS) is 11.7. The Balaban J connectivity index is 2.89. The molecular weight excluding hydrogens is 276 g/mol. The molecule has 4 N–H and O–H groups in total. The first kappa shape index (κ1) is 16.5. The summed E-state index contributed by atoms with van der Waals surface area (Å²) in [5, 5.41) is 19.2. The number of aromatic nitrogens is 2. The number of hydrogen-bond acceptors (Lipinski definition) is 5. The van der Waals surface area contributed by atoms with Gasteiger partial charge in [-0.25, -0.2) is 4.79 Å². The van der Waals surface area contributed by atoms with Crippen LogP contribution in [0.2, 0.25) is 0 Å². The fraction of sp³-hybridized carbons (Fsp3) is 0.462. The van der Waals surface area contributed by atoms with Gasteiger partial charge in [0.15, 0.2) is 0 Å². The number of aliphatic carboxylic acids is 1. The van der Waals surface area contributed by atoms with Gasteiger partial charge in [-0.2, -0.15) is 10.2 Å². The molecule has 1 aromatic rings. The molecule has 114 valence electrons. The summed E-state index contributed by atoms with van der Waals surface area (Å²) in [5.74, 6) is -2.39.